The maximum atomic E-state index is 14.0. The number of carboxylic acids is 1. The van der Waals surface area contributed by atoms with Gasteiger partial charge in [0.15, 0.2) is 0 Å². The molecule has 1 fully saturated rings. The summed E-state index contributed by atoms with van der Waals surface area (Å²) in [6.07, 6.45) is 1.70. The maximum Gasteiger partial charge on any atom is 0.309 e. The van der Waals surface area contributed by atoms with Crippen LogP contribution in [0.15, 0.2) is 66.1 Å². The molecule has 0 amide bonds. The van der Waals surface area contributed by atoms with Gasteiger partial charge in [-0.3, -0.25) is 4.79 Å². The Morgan fingerprint density at radius 1 is 1.21 bits per heavy atom. The number of carbonyl (C=O) groups is 1. The van der Waals surface area contributed by atoms with Crippen molar-refractivity contribution < 1.29 is 18.3 Å². The summed E-state index contributed by atoms with van der Waals surface area (Å²) in [5, 5.41) is 19.0. The van der Waals surface area contributed by atoms with E-state index in [-0.39, 0.29) is 10.8 Å². The van der Waals surface area contributed by atoms with E-state index in [1.165, 1.54) is 16.1 Å². The molecule has 1 N–H and O–H groups in total. The van der Waals surface area contributed by atoms with Crippen LogP contribution in [0.5, 0.6) is 0 Å². The number of rotatable bonds is 8. The van der Waals surface area contributed by atoms with Crippen LogP contribution in [0.4, 0.5) is 0 Å². The number of carboxylic acid groups (broad SMARTS) is 1. The minimum absolute atomic E-state index is 0.127. The van der Waals surface area contributed by atoms with Crippen LogP contribution in [0, 0.1) is 30.1 Å². The minimum Gasteiger partial charge on any atom is -0.481 e. The van der Waals surface area contributed by atoms with Crippen molar-refractivity contribution in [3.05, 3.63) is 77.9 Å². The topological polar surface area (TPSA) is 98.5 Å². The monoisotopic (exact) mass is 484 g/mol. The molecule has 2 aromatic carbocycles. The molecule has 3 rings (SSSR count). The van der Waals surface area contributed by atoms with Crippen LogP contribution < -0.4 is 0 Å². The van der Waals surface area contributed by atoms with Gasteiger partial charge in [-0.15, -0.1) is 6.58 Å². The normalized spacial score (nSPS) is 23.4. The van der Waals surface area contributed by atoms with Crippen molar-refractivity contribution in [1.29, 1.82) is 5.26 Å². The SMILES string of the molecule is C=CCS[C@@H]1C(C(C)C)N(S(=O)(=O)c2ccc(C)cc2)C(c2ccc(C#N)cc2)[C@@H]1C(=O)O. The molecule has 0 radical (unpaired) electrons. The lowest BCUT2D eigenvalue weighted by atomic mass is 9.91. The summed E-state index contributed by atoms with van der Waals surface area (Å²) >= 11 is 1.42. The van der Waals surface area contributed by atoms with E-state index >= 15 is 0 Å². The number of hydrogen-bond donors (Lipinski definition) is 1. The zero-order chi connectivity index (χ0) is 24.3. The van der Waals surface area contributed by atoms with E-state index in [4.69, 9.17) is 0 Å². The molecule has 0 saturated carbocycles. The molecule has 0 aliphatic carbocycles. The van der Waals surface area contributed by atoms with Gasteiger partial charge in [0.1, 0.15) is 0 Å². The Morgan fingerprint density at radius 3 is 2.30 bits per heavy atom. The predicted octanol–water partition coefficient (Wildman–Crippen LogP) is 4.63. The molecule has 2 aromatic rings. The molecule has 8 heteroatoms. The predicted molar refractivity (Wildman–Crippen MR) is 130 cm³/mol. The van der Waals surface area contributed by atoms with Crippen LogP contribution in [0.3, 0.4) is 0 Å². The number of nitrogens with zero attached hydrogens (tertiary/aromatic N) is 2. The Balaban J connectivity index is 2.26. The third kappa shape index (κ3) is 4.86. The summed E-state index contributed by atoms with van der Waals surface area (Å²) in [5.74, 6) is -1.62. The van der Waals surface area contributed by atoms with Crippen LogP contribution >= 0.6 is 11.8 Å². The van der Waals surface area contributed by atoms with E-state index in [9.17, 15) is 23.6 Å². The number of aliphatic carboxylic acids is 1. The highest BCUT2D eigenvalue weighted by atomic mass is 32.2. The Bertz CT molecular complexity index is 1150. The average Bonchev–Trinajstić information content (AvgIpc) is 3.14. The van der Waals surface area contributed by atoms with Crippen molar-refractivity contribution in [1.82, 2.24) is 4.31 Å². The van der Waals surface area contributed by atoms with Gasteiger partial charge in [0.25, 0.3) is 0 Å². The van der Waals surface area contributed by atoms with Crippen molar-refractivity contribution in [2.45, 2.75) is 43.0 Å². The first-order chi connectivity index (χ1) is 15.6. The number of thioether (sulfide) groups is 1. The smallest absolute Gasteiger partial charge is 0.309 e. The molecule has 6 nitrogen and oxygen atoms in total. The molecule has 1 heterocycles. The van der Waals surface area contributed by atoms with Crippen LogP contribution in [0.1, 0.15) is 36.6 Å². The number of hydrogen-bond acceptors (Lipinski definition) is 5. The molecule has 174 valence electrons. The second-order valence-electron chi connectivity index (χ2n) is 8.51. The van der Waals surface area contributed by atoms with Crippen LogP contribution in [0.25, 0.3) is 0 Å². The molecule has 0 bridgehead atoms. The van der Waals surface area contributed by atoms with Gasteiger partial charge in [0.2, 0.25) is 10.0 Å². The van der Waals surface area contributed by atoms with Gasteiger partial charge < -0.3 is 5.11 Å². The molecule has 1 aliphatic rings. The van der Waals surface area contributed by atoms with E-state index in [0.29, 0.717) is 16.9 Å². The van der Waals surface area contributed by atoms with Gasteiger partial charge in [0, 0.05) is 17.0 Å². The summed E-state index contributed by atoms with van der Waals surface area (Å²) in [5.41, 5.74) is 1.92. The highest BCUT2D eigenvalue weighted by Crippen LogP contribution is 2.51. The van der Waals surface area contributed by atoms with E-state index < -0.39 is 39.2 Å². The van der Waals surface area contributed by atoms with Crippen LogP contribution in [-0.2, 0) is 14.8 Å². The highest BCUT2D eigenvalue weighted by molar-refractivity contribution is 8.00. The lowest BCUT2D eigenvalue weighted by Gasteiger charge is -2.33. The van der Waals surface area contributed by atoms with Crippen molar-refractivity contribution in [3.63, 3.8) is 0 Å². The molecule has 1 aliphatic heterocycles. The van der Waals surface area contributed by atoms with Gasteiger partial charge in [-0.05, 0) is 42.7 Å². The molecule has 33 heavy (non-hydrogen) atoms. The number of aryl methyl sites for hydroxylation is 1. The standard InChI is InChI=1S/C25H28N2O4S2/c1-5-14-32-24-21(25(28)29)23(19-10-8-18(15-26)9-11-19)27(22(24)16(2)3)33(30,31)20-12-6-17(4)7-13-20/h5-13,16,21-24H,1,14H2,2-4H3,(H,28,29)/t21-,22?,23?,24-/m0/s1. The molecule has 1 saturated heterocycles. The zero-order valence-corrected chi connectivity index (χ0v) is 20.5. The van der Waals surface area contributed by atoms with Crippen molar-refractivity contribution in [2.24, 2.45) is 11.8 Å². The first-order valence-electron chi connectivity index (χ1n) is 10.7. The Morgan fingerprint density at radius 2 is 1.82 bits per heavy atom. The fraction of sp³-hybridized carbons (Fsp3) is 0.360. The zero-order valence-electron chi connectivity index (χ0n) is 18.9. The summed E-state index contributed by atoms with van der Waals surface area (Å²) in [6, 6.07) is 13.7. The van der Waals surface area contributed by atoms with E-state index in [2.05, 4.69) is 12.6 Å². The molecular weight excluding hydrogens is 456 g/mol. The molecule has 2 unspecified atom stereocenters. The summed E-state index contributed by atoms with van der Waals surface area (Å²) < 4.78 is 29.4. The summed E-state index contributed by atoms with van der Waals surface area (Å²) in [4.78, 5) is 12.7. The van der Waals surface area contributed by atoms with E-state index in [1.54, 1.807) is 54.6 Å². The van der Waals surface area contributed by atoms with Gasteiger partial charge >= 0.3 is 5.97 Å². The first-order valence-corrected chi connectivity index (χ1v) is 13.2. The second kappa shape index (κ2) is 10.1. The lowest BCUT2D eigenvalue weighted by molar-refractivity contribution is -0.142. The second-order valence-corrected chi connectivity index (χ2v) is 11.6. The first kappa shape index (κ1) is 25.0. The quantitative estimate of drug-likeness (QED) is 0.549. The van der Waals surface area contributed by atoms with Crippen molar-refractivity contribution >= 4 is 27.8 Å². The summed E-state index contributed by atoms with van der Waals surface area (Å²) in [6.45, 7) is 9.47. The number of sulfonamides is 1. The van der Waals surface area contributed by atoms with Gasteiger partial charge in [0.05, 0.1) is 28.5 Å². The minimum atomic E-state index is -4.02. The maximum absolute atomic E-state index is 14.0. The number of benzene rings is 2. The highest BCUT2D eigenvalue weighted by Gasteiger charge is 2.58. The Hall–Kier alpha value is -2.60. The molecular formula is C25H28N2O4S2. The lowest BCUT2D eigenvalue weighted by Crippen LogP contribution is -2.43. The van der Waals surface area contributed by atoms with Crippen LogP contribution in [0.2, 0.25) is 0 Å². The third-order valence-electron chi connectivity index (χ3n) is 5.95. The average molecular weight is 485 g/mol. The molecule has 0 spiro atoms. The van der Waals surface area contributed by atoms with Gasteiger partial charge in [-0.25, -0.2) is 8.42 Å². The largest absolute Gasteiger partial charge is 0.481 e. The number of nitriles is 1. The molecule has 4 atom stereocenters. The van der Waals surface area contributed by atoms with Gasteiger partial charge in [-0.2, -0.15) is 21.3 Å². The van der Waals surface area contributed by atoms with E-state index in [0.717, 1.165) is 5.56 Å². The third-order valence-corrected chi connectivity index (χ3v) is 9.23. The fourth-order valence-corrected chi connectivity index (χ4v) is 7.98. The Kier molecular flexibility index (Phi) is 7.68. The van der Waals surface area contributed by atoms with Crippen LogP contribution in [-0.4, -0.2) is 40.8 Å². The van der Waals surface area contributed by atoms with Crippen molar-refractivity contribution in [2.75, 3.05) is 5.75 Å². The van der Waals surface area contributed by atoms with Crippen molar-refractivity contribution in [3.8, 4) is 6.07 Å². The summed E-state index contributed by atoms with van der Waals surface area (Å²) in [7, 11) is -4.02. The van der Waals surface area contributed by atoms with Gasteiger partial charge in [-0.1, -0.05) is 49.8 Å². The Labute approximate surface area is 200 Å². The fourth-order valence-electron chi connectivity index (χ4n) is 4.46. The van der Waals surface area contributed by atoms with E-state index in [1.807, 2.05) is 20.8 Å². The molecule has 0 aromatic heterocycles.